The summed E-state index contributed by atoms with van der Waals surface area (Å²) in [6.07, 6.45) is 4.80. The number of anilines is 1. The van der Waals surface area contributed by atoms with Crippen LogP contribution in [0.25, 0.3) is 0 Å². The van der Waals surface area contributed by atoms with E-state index in [0.717, 1.165) is 26.2 Å². The number of aromatic nitrogens is 2. The molecule has 1 aromatic carbocycles. The van der Waals surface area contributed by atoms with Crippen LogP contribution in [0.3, 0.4) is 0 Å². The number of piperazine rings is 1. The van der Waals surface area contributed by atoms with Crippen molar-refractivity contribution >= 4 is 11.6 Å². The molecule has 0 unspecified atom stereocenters. The summed E-state index contributed by atoms with van der Waals surface area (Å²) < 4.78 is 1.49. The summed E-state index contributed by atoms with van der Waals surface area (Å²) in [6, 6.07) is 7.82. The molecule has 0 radical (unpaired) electrons. The molecule has 0 atom stereocenters. The molecule has 1 aromatic heterocycles. The van der Waals surface area contributed by atoms with Crippen molar-refractivity contribution in [3.63, 3.8) is 0 Å². The van der Waals surface area contributed by atoms with Crippen molar-refractivity contribution in [2.45, 2.75) is 0 Å². The Morgan fingerprint density at radius 1 is 1.10 bits per heavy atom. The van der Waals surface area contributed by atoms with Crippen LogP contribution in [0.4, 0.5) is 5.69 Å². The average molecular weight is 270 g/mol. The van der Waals surface area contributed by atoms with E-state index in [4.69, 9.17) is 0 Å². The van der Waals surface area contributed by atoms with Crippen molar-refractivity contribution < 1.29 is 4.79 Å². The third-order valence-electron chi connectivity index (χ3n) is 3.72. The van der Waals surface area contributed by atoms with Crippen LogP contribution in [0.5, 0.6) is 0 Å². The minimum absolute atomic E-state index is 0.0487. The van der Waals surface area contributed by atoms with Gasteiger partial charge in [-0.05, 0) is 31.3 Å². The van der Waals surface area contributed by atoms with Gasteiger partial charge in [0.1, 0.15) is 6.33 Å². The highest BCUT2D eigenvalue weighted by Crippen LogP contribution is 2.17. The zero-order chi connectivity index (χ0) is 13.9. The fourth-order valence-corrected chi connectivity index (χ4v) is 2.41. The Kier molecular flexibility index (Phi) is 3.52. The van der Waals surface area contributed by atoms with E-state index < -0.39 is 0 Å². The maximum absolute atomic E-state index is 12.1. The van der Waals surface area contributed by atoms with E-state index in [-0.39, 0.29) is 5.91 Å². The summed E-state index contributed by atoms with van der Waals surface area (Å²) in [5.74, 6) is -0.0487. The molecule has 20 heavy (non-hydrogen) atoms. The maximum Gasteiger partial charge on any atom is 0.263 e. The molecule has 104 valence electrons. The summed E-state index contributed by atoms with van der Waals surface area (Å²) in [5.41, 5.74) is 1.86. The van der Waals surface area contributed by atoms with Gasteiger partial charge in [-0.3, -0.25) is 9.36 Å². The second-order valence-electron chi connectivity index (χ2n) is 5.11. The first-order valence-electron chi connectivity index (χ1n) is 6.80. The van der Waals surface area contributed by atoms with Crippen molar-refractivity contribution in [1.29, 1.82) is 0 Å². The van der Waals surface area contributed by atoms with E-state index in [1.165, 1.54) is 16.6 Å². The van der Waals surface area contributed by atoms with Crippen LogP contribution < -0.4 is 4.90 Å². The Morgan fingerprint density at radius 3 is 2.40 bits per heavy atom. The molecule has 1 aliphatic heterocycles. The number of likely N-dealkylation sites (N-methyl/N-ethyl adjacent to an activating group) is 1. The molecular weight excluding hydrogens is 252 g/mol. The van der Waals surface area contributed by atoms with Crippen LogP contribution in [-0.2, 0) is 0 Å². The number of hydrogen-bond acceptors (Lipinski definition) is 4. The van der Waals surface area contributed by atoms with Gasteiger partial charge in [-0.2, -0.15) is 0 Å². The molecule has 2 heterocycles. The zero-order valence-corrected chi connectivity index (χ0v) is 11.6. The highest BCUT2D eigenvalue weighted by molar-refractivity contribution is 5.96. The topological polar surface area (TPSA) is 41.4 Å². The smallest absolute Gasteiger partial charge is 0.263 e. The molecular formula is C15H18N4O. The molecule has 0 bridgehead atoms. The van der Waals surface area contributed by atoms with Crippen LogP contribution in [0.1, 0.15) is 10.4 Å². The van der Waals surface area contributed by atoms with Gasteiger partial charge in [-0.15, -0.1) is 0 Å². The number of imidazole rings is 1. The molecule has 0 amide bonds. The largest absolute Gasteiger partial charge is 0.369 e. The molecule has 5 nitrogen and oxygen atoms in total. The SMILES string of the molecule is CN1CCN(c2ccc(C(=O)n3ccnc3)cc2)CC1. The van der Waals surface area contributed by atoms with Crippen molar-refractivity contribution in [3.05, 3.63) is 48.5 Å². The number of nitrogens with zero attached hydrogens (tertiary/aromatic N) is 4. The lowest BCUT2D eigenvalue weighted by molar-refractivity contribution is 0.0960. The summed E-state index contributed by atoms with van der Waals surface area (Å²) in [6.45, 7) is 4.22. The second kappa shape index (κ2) is 5.46. The molecule has 5 heteroatoms. The average Bonchev–Trinajstić information content (AvgIpc) is 3.02. The number of carbonyl (C=O) groups is 1. The molecule has 1 aliphatic rings. The fraction of sp³-hybridized carbons (Fsp3) is 0.333. The minimum atomic E-state index is -0.0487. The van der Waals surface area contributed by atoms with Gasteiger partial charge in [0, 0.05) is 49.8 Å². The third kappa shape index (κ3) is 2.58. The van der Waals surface area contributed by atoms with Crippen LogP contribution in [0.15, 0.2) is 43.0 Å². The lowest BCUT2D eigenvalue weighted by Gasteiger charge is -2.34. The van der Waals surface area contributed by atoms with Crippen molar-refractivity contribution in [2.24, 2.45) is 0 Å². The van der Waals surface area contributed by atoms with E-state index in [1.54, 1.807) is 12.4 Å². The molecule has 0 N–H and O–H groups in total. The number of hydrogen-bond donors (Lipinski definition) is 0. The number of rotatable bonds is 2. The summed E-state index contributed by atoms with van der Waals surface area (Å²) in [7, 11) is 2.14. The normalized spacial score (nSPS) is 16.4. The van der Waals surface area contributed by atoms with Gasteiger partial charge in [-0.25, -0.2) is 4.98 Å². The van der Waals surface area contributed by atoms with Crippen molar-refractivity contribution in [1.82, 2.24) is 14.5 Å². The molecule has 1 saturated heterocycles. The molecule has 3 rings (SSSR count). The zero-order valence-electron chi connectivity index (χ0n) is 11.6. The Morgan fingerprint density at radius 2 is 1.80 bits per heavy atom. The Hall–Kier alpha value is -2.14. The molecule has 2 aromatic rings. The Bertz CT molecular complexity index is 568. The first-order chi connectivity index (χ1) is 9.74. The van der Waals surface area contributed by atoms with E-state index in [0.29, 0.717) is 5.56 Å². The van der Waals surface area contributed by atoms with Crippen LogP contribution in [-0.4, -0.2) is 53.6 Å². The van der Waals surface area contributed by atoms with Crippen LogP contribution >= 0.6 is 0 Å². The first-order valence-corrected chi connectivity index (χ1v) is 6.80. The van der Waals surface area contributed by atoms with Gasteiger partial charge in [0.25, 0.3) is 5.91 Å². The quantitative estimate of drug-likeness (QED) is 0.825. The summed E-state index contributed by atoms with van der Waals surface area (Å²) in [4.78, 5) is 20.7. The van der Waals surface area contributed by atoms with Crippen molar-refractivity contribution in [3.8, 4) is 0 Å². The summed E-state index contributed by atoms with van der Waals surface area (Å²) in [5, 5.41) is 0. The van der Waals surface area contributed by atoms with Crippen molar-refractivity contribution in [2.75, 3.05) is 38.1 Å². The van der Waals surface area contributed by atoms with E-state index >= 15 is 0 Å². The number of carbonyl (C=O) groups excluding carboxylic acids is 1. The monoisotopic (exact) mass is 270 g/mol. The lowest BCUT2D eigenvalue weighted by atomic mass is 10.1. The molecule has 1 fully saturated rings. The van der Waals surface area contributed by atoms with E-state index in [1.807, 2.05) is 24.3 Å². The minimum Gasteiger partial charge on any atom is -0.369 e. The third-order valence-corrected chi connectivity index (χ3v) is 3.72. The van der Waals surface area contributed by atoms with E-state index in [9.17, 15) is 4.79 Å². The number of benzene rings is 1. The van der Waals surface area contributed by atoms with Gasteiger partial charge in [0.2, 0.25) is 0 Å². The fourth-order valence-electron chi connectivity index (χ4n) is 2.41. The standard InChI is InChI=1S/C15H18N4O/c1-17-8-10-18(11-9-17)14-4-2-13(3-5-14)15(20)19-7-6-16-12-19/h2-7,12H,8-11H2,1H3. The predicted molar refractivity (Wildman–Crippen MR) is 78.1 cm³/mol. The van der Waals surface area contributed by atoms with Gasteiger partial charge < -0.3 is 9.80 Å². The first kappa shape index (κ1) is 12.9. The molecule has 0 aliphatic carbocycles. The predicted octanol–water partition coefficient (Wildman–Crippen LogP) is 1.32. The van der Waals surface area contributed by atoms with Gasteiger partial charge in [0.05, 0.1) is 0 Å². The molecule has 0 spiro atoms. The highest BCUT2D eigenvalue weighted by atomic mass is 16.2. The Balaban J connectivity index is 1.73. The van der Waals surface area contributed by atoms with Crippen LogP contribution in [0.2, 0.25) is 0 Å². The van der Waals surface area contributed by atoms with Gasteiger partial charge >= 0.3 is 0 Å². The maximum atomic E-state index is 12.1. The lowest BCUT2D eigenvalue weighted by Crippen LogP contribution is -2.44. The highest BCUT2D eigenvalue weighted by Gasteiger charge is 2.15. The van der Waals surface area contributed by atoms with Gasteiger partial charge in [-0.1, -0.05) is 0 Å². The summed E-state index contributed by atoms with van der Waals surface area (Å²) >= 11 is 0. The van der Waals surface area contributed by atoms with E-state index in [2.05, 4.69) is 21.8 Å². The molecule has 0 saturated carbocycles. The second-order valence-corrected chi connectivity index (χ2v) is 5.11. The Labute approximate surface area is 118 Å². The van der Waals surface area contributed by atoms with Crippen LogP contribution in [0, 0.1) is 0 Å². The van der Waals surface area contributed by atoms with Gasteiger partial charge in [0.15, 0.2) is 0 Å².